The Morgan fingerprint density at radius 3 is 2.93 bits per heavy atom. The van der Waals surface area contributed by atoms with Crippen molar-refractivity contribution in [3.8, 4) is 0 Å². The van der Waals surface area contributed by atoms with E-state index in [1.807, 2.05) is 6.92 Å². The second kappa shape index (κ2) is 5.32. The van der Waals surface area contributed by atoms with Gasteiger partial charge in [-0.2, -0.15) is 0 Å². The van der Waals surface area contributed by atoms with Gasteiger partial charge in [0.2, 0.25) is 5.91 Å². The Balaban J connectivity index is 2.49. The molecule has 1 heterocycles. The van der Waals surface area contributed by atoms with Crippen molar-refractivity contribution >= 4 is 11.7 Å². The fourth-order valence-electron chi connectivity index (χ4n) is 1.18. The molecule has 0 aliphatic rings. The molecule has 0 saturated carbocycles. The molecule has 0 bridgehead atoms. The van der Waals surface area contributed by atoms with Gasteiger partial charge >= 0.3 is 0 Å². The van der Waals surface area contributed by atoms with Gasteiger partial charge in [0, 0.05) is 18.3 Å². The average molecular weight is 193 g/mol. The molecular formula is C10H15N3O. The van der Waals surface area contributed by atoms with Crippen molar-refractivity contribution in [2.24, 2.45) is 5.92 Å². The van der Waals surface area contributed by atoms with Crippen LogP contribution in [0.2, 0.25) is 0 Å². The zero-order valence-electron chi connectivity index (χ0n) is 8.53. The fraction of sp³-hybridized carbons (Fsp3) is 0.500. The van der Waals surface area contributed by atoms with E-state index in [-0.39, 0.29) is 11.8 Å². The van der Waals surface area contributed by atoms with Gasteiger partial charge in [-0.25, -0.2) is 4.98 Å². The minimum Gasteiger partial charge on any atom is -0.309 e. The lowest BCUT2D eigenvalue weighted by Crippen LogP contribution is -2.20. The maximum absolute atomic E-state index is 11.5. The van der Waals surface area contributed by atoms with E-state index in [4.69, 9.17) is 0 Å². The highest BCUT2D eigenvalue weighted by atomic mass is 16.1. The summed E-state index contributed by atoms with van der Waals surface area (Å²) in [6, 6.07) is 0. The number of nitrogens with one attached hydrogen (secondary N) is 1. The summed E-state index contributed by atoms with van der Waals surface area (Å²) in [6.45, 7) is 3.97. The summed E-state index contributed by atoms with van der Waals surface area (Å²) in [5.41, 5.74) is 0. The van der Waals surface area contributed by atoms with Gasteiger partial charge in [-0.3, -0.25) is 9.78 Å². The Kier molecular flexibility index (Phi) is 4.04. The van der Waals surface area contributed by atoms with Crippen LogP contribution in [0.5, 0.6) is 0 Å². The summed E-state index contributed by atoms with van der Waals surface area (Å²) in [4.78, 5) is 19.4. The van der Waals surface area contributed by atoms with Gasteiger partial charge in [-0.05, 0) is 6.42 Å². The maximum Gasteiger partial charge on any atom is 0.228 e. The number of hydrogen-bond acceptors (Lipinski definition) is 3. The minimum absolute atomic E-state index is 0.00681. The maximum atomic E-state index is 11.5. The Morgan fingerprint density at radius 1 is 1.57 bits per heavy atom. The SMILES string of the molecule is CCCC(C)C(=O)Nc1cnccn1. The van der Waals surface area contributed by atoms with E-state index in [0.29, 0.717) is 5.82 Å². The Morgan fingerprint density at radius 2 is 2.36 bits per heavy atom. The number of amides is 1. The summed E-state index contributed by atoms with van der Waals surface area (Å²) in [5, 5.41) is 2.71. The first-order valence-corrected chi connectivity index (χ1v) is 4.81. The van der Waals surface area contributed by atoms with E-state index in [1.165, 1.54) is 6.20 Å². The molecule has 14 heavy (non-hydrogen) atoms. The smallest absolute Gasteiger partial charge is 0.228 e. The predicted octanol–water partition coefficient (Wildman–Crippen LogP) is 1.85. The van der Waals surface area contributed by atoms with E-state index in [2.05, 4.69) is 22.2 Å². The number of hydrogen-bond donors (Lipinski definition) is 1. The van der Waals surface area contributed by atoms with Gasteiger partial charge in [0.1, 0.15) is 0 Å². The Hall–Kier alpha value is -1.45. The van der Waals surface area contributed by atoms with E-state index >= 15 is 0 Å². The zero-order chi connectivity index (χ0) is 10.4. The van der Waals surface area contributed by atoms with E-state index in [0.717, 1.165) is 12.8 Å². The Bertz CT molecular complexity index is 287. The van der Waals surface area contributed by atoms with E-state index < -0.39 is 0 Å². The molecule has 0 fully saturated rings. The normalized spacial score (nSPS) is 12.1. The summed E-state index contributed by atoms with van der Waals surface area (Å²) in [7, 11) is 0. The van der Waals surface area contributed by atoms with Crippen LogP contribution in [0.1, 0.15) is 26.7 Å². The van der Waals surface area contributed by atoms with E-state index in [9.17, 15) is 4.79 Å². The van der Waals surface area contributed by atoms with Crippen LogP contribution in [0.15, 0.2) is 18.6 Å². The molecule has 0 aromatic carbocycles. The van der Waals surface area contributed by atoms with Gasteiger partial charge in [-0.1, -0.05) is 20.3 Å². The molecule has 4 nitrogen and oxygen atoms in total. The first-order chi connectivity index (χ1) is 6.74. The lowest BCUT2D eigenvalue weighted by atomic mass is 10.1. The molecule has 76 valence electrons. The molecule has 0 saturated heterocycles. The zero-order valence-corrected chi connectivity index (χ0v) is 8.53. The predicted molar refractivity (Wildman–Crippen MR) is 54.7 cm³/mol. The summed E-state index contributed by atoms with van der Waals surface area (Å²) in [5.74, 6) is 0.551. The fourth-order valence-corrected chi connectivity index (χ4v) is 1.18. The molecule has 1 aromatic heterocycles. The van der Waals surface area contributed by atoms with Gasteiger partial charge < -0.3 is 5.32 Å². The molecule has 1 amide bonds. The Labute approximate surface area is 83.8 Å². The summed E-state index contributed by atoms with van der Waals surface area (Å²) >= 11 is 0. The van der Waals surface area contributed by atoms with Crippen molar-refractivity contribution in [1.29, 1.82) is 0 Å². The van der Waals surface area contributed by atoms with Gasteiger partial charge in [0.25, 0.3) is 0 Å². The van der Waals surface area contributed by atoms with Crippen molar-refractivity contribution in [1.82, 2.24) is 9.97 Å². The molecule has 4 heteroatoms. The number of anilines is 1. The van der Waals surface area contributed by atoms with Crippen LogP contribution < -0.4 is 5.32 Å². The summed E-state index contributed by atoms with van der Waals surface area (Å²) in [6.07, 6.45) is 6.57. The van der Waals surface area contributed by atoms with Crippen molar-refractivity contribution in [2.45, 2.75) is 26.7 Å². The molecule has 1 aromatic rings. The molecule has 0 aliphatic carbocycles. The lowest BCUT2D eigenvalue weighted by Gasteiger charge is -2.09. The van der Waals surface area contributed by atoms with Gasteiger partial charge in [0.15, 0.2) is 5.82 Å². The van der Waals surface area contributed by atoms with Crippen molar-refractivity contribution in [2.75, 3.05) is 5.32 Å². The van der Waals surface area contributed by atoms with Crippen LogP contribution in [0.4, 0.5) is 5.82 Å². The molecule has 1 rings (SSSR count). The minimum atomic E-state index is 0.00681. The second-order valence-corrected chi connectivity index (χ2v) is 3.27. The number of rotatable bonds is 4. The average Bonchev–Trinajstić information content (AvgIpc) is 2.19. The van der Waals surface area contributed by atoms with Crippen LogP contribution in [0.3, 0.4) is 0 Å². The molecule has 1 atom stereocenters. The molecule has 0 radical (unpaired) electrons. The third-order valence-corrected chi connectivity index (χ3v) is 1.98. The number of aromatic nitrogens is 2. The number of carbonyl (C=O) groups excluding carboxylic acids is 1. The van der Waals surface area contributed by atoms with Crippen molar-refractivity contribution in [3.63, 3.8) is 0 Å². The van der Waals surface area contributed by atoms with Crippen LogP contribution in [0, 0.1) is 5.92 Å². The monoisotopic (exact) mass is 193 g/mol. The first-order valence-electron chi connectivity index (χ1n) is 4.81. The van der Waals surface area contributed by atoms with Crippen LogP contribution >= 0.6 is 0 Å². The van der Waals surface area contributed by atoms with Crippen molar-refractivity contribution < 1.29 is 4.79 Å². The highest BCUT2D eigenvalue weighted by molar-refractivity contribution is 5.91. The summed E-state index contributed by atoms with van der Waals surface area (Å²) < 4.78 is 0. The molecule has 0 aliphatic heterocycles. The molecular weight excluding hydrogens is 178 g/mol. The molecule has 1 N–H and O–H groups in total. The molecule has 1 unspecified atom stereocenters. The van der Waals surface area contributed by atoms with Gasteiger partial charge in [0.05, 0.1) is 6.20 Å². The number of nitrogens with zero attached hydrogens (tertiary/aromatic N) is 2. The van der Waals surface area contributed by atoms with Gasteiger partial charge in [-0.15, -0.1) is 0 Å². The second-order valence-electron chi connectivity index (χ2n) is 3.27. The van der Waals surface area contributed by atoms with Crippen LogP contribution in [-0.4, -0.2) is 15.9 Å². The molecule has 0 spiro atoms. The van der Waals surface area contributed by atoms with Crippen LogP contribution in [-0.2, 0) is 4.79 Å². The third kappa shape index (κ3) is 3.12. The number of carbonyl (C=O) groups is 1. The highest BCUT2D eigenvalue weighted by Crippen LogP contribution is 2.08. The largest absolute Gasteiger partial charge is 0.309 e. The first kappa shape index (κ1) is 10.6. The lowest BCUT2D eigenvalue weighted by molar-refractivity contribution is -0.119. The van der Waals surface area contributed by atoms with E-state index in [1.54, 1.807) is 12.4 Å². The third-order valence-electron chi connectivity index (χ3n) is 1.98. The van der Waals surface area contributed by atoms with Crippen molar-refractivity contribution in [3.05, 3.63) is 18.6 Å². The highest BCUT2D eigenvalue weighted by Gasteiger charge is 2.11. The topological polar surface area (TPSA) is 54.9 Å². The van der Waals surface area contributed by atoms with Crippen LogP contribution in [0.25, 0.3) is 0 Å². The standard InChI is InChI=1S/C10H15N3O/c1-3-4-8(2)10(14)13-9-7-11-5-6-12-9/h5-8H,3-4H2,1-2H3,(H,12,13,14). The quantitative estimate of drug-likeness (QED) is 0.794.